The van der Waals surface area contributed by atoms with Gasteiger partial charge in [-0.05, 0) is 24.3 Å². The average Bonchev–Trinajstić information content (AvgIpc) is 2.29. The molecule has 0 bridgehead atoms. The molecule has 1 aliphatic heterocycles. The van der Waals surface area contributed by atoms with E-state index in [-0.39, 0.29) is 12.0 Å². The summed E-state index contributed by atoms with van der Waals surface area (Å²) in [5.41, 5.74) is 0.248. The number of hydrogen-bond acceptors (Lipinski definition) is 1. The van der Waals surface area contributed by atoms with Crippen LogP contribution in [0.5, 0.6) is 0 Å². The Morgan fingerprint density at radius 1 is 1.21 bits per heavy atom. The maximum absolute atomic E-state index is 12.8. The number of rotatable bonds is 2. The number of likely N-dealkylation sites (tertiary alicyclic amines) is 1. The largest absolute Gasteiger partial charge is 0.297 e. The molecule has 0 saturated carbocycles. The molecule has 1 aliphatic rings. The minimum absolute atomic E-state index is 0.0837. The minimum atomic E-state index is -2.55. The topological polar surface area (TPSA) is 3.24 Å². The normalized spacial score (nSPS) is 25.7. The van der Waals surface area contributed by atoms with E-state index < -0.39 is 5.92 Å². The molecule has 1 unspecified atom stereocenters. The molecular weight excluding hydrogens is 184 g/mol. The Morgan fingerprint density at radius 2 is 1.79 bits per heavy atom. The van der Waals surface area contributed by atoms with Crippen molar-refractivity contribution in [3.05, 3.63) is 0 Å². The second-order valence-electron chi connectivity index (χ2n) is 5.66. The SMILES string of the molecule is CC(F)(F)CN1CCC(C(C)(C)C)C1. The van der Waals surface area contributed by atoms with Crippen LogP contribution < -0.4 is 0 Å². The molecule has 14 heavy (non-hydrogen) atoms. The zero-order valence-corrected chi connectivity index (χ0v) is 9.61. The first-order valence-corrected chi connectivity index (χ1v) is 5.29. The number of halogens is 2. The van der Waals surface area contributed by atoms with Gasteiger partial charge in [0, 0.05) is 13.5 Å². The Morgan fingerprint density at radius 3 is 2.14 bits per heavy atom. The van der Waals surface area contributed by atoms with Crippen molar-refractivity contribution < 1.29 is 8.78 Å². The summed E-state index contributed by atoms with van der Waals surface area (Å²) in [7, 11) is 0. The van der Waals surface area contributed by atoms with Crippen LogP contribution >= 0.6 is 0 Å². The van der Waals surface area contributed by atoms with Crippen molar-refractivity contribution in [2.75, 3.05) is 19.6 Å². The molecule has 3 heteroatoms. The van der Waals surface area contributed by atoms with E-state index in [1.807, 2.05) is 4.90 Å². The Labute approximate surface area is 85.5 Å². The van der Waals surface area contributed by atoms with Crippen molar-refractivity contribution in [2.24, 2.45) is 11.3 Å². The summed E-state index contributed by atoms with van der Waals surface area (Å²) in [5, 5.41) is 0. The van der Waals surface area contributed by atoms with Gasteiger partial charge in [0.2, 0.25) is 0 Å². The lowest BCUT2D eigenvalue weighted by molar-refractivity contribution is -0.0106. The first-order chi connectivity index (χ1) is 6.18. The second kappa shape index (κ2) is 3.76. The summed E-state index contributed by atoms with van der Waals surface area (Å²) in [6, 6.07) is 0. The predicted molar refractivity (Wildman–Crippen MR) is 54.6 cm³/mol. The van der Waals surface area contributed by atoms with Crippen LogP contribution in [0.4, 0.5) is 8.78 Å². The lowest BCUT2D eigenvalue weighted by atomic mass is 9.80. The highest BCUT2D eigenvalue weighted by Gasteiger charge is 2.35. The average molecular weight is 205 g/mol. The van der Waals surface area contributed by atoms with Crippen molar-refractivity contribution in [3.63, 3.8) is 0 Å². The molecule has 0 amide bonds. The molecule has 0 spiro atoms. The molecule has 0 aromatic heterocycles. The number of nitrogens with zero attached hydrogens (tertiary/aromatic N) is 1. The molecule has 0 aromatic rings. The lowest BCUT2D eigenvalue weighted by Gasteiger charge is -2.27. The summed E-state index contributed by atoms with van der Waals surface area (Å²) in [6.07, 6.45) is 1.06. The molecule has 1 heterocycles. The van der Waals surface area contributed by atoms with E-state index in [0.29, 0.717) is 5.92 Å². The Hall–Kier alpha value is -0.180. The number of alkyl halides is 2. The molecule has 0 N–H and O–H groups in total. The molecule has 1 saturated heterocycles. The third kappa shape index (κ3) is 3.52. The van der Waals surface area contributed by atoms with Gasteiger partial charge in [-0.25, -0.2) is 8.78 Å². The van der Waals surface area contributed by atoms with E-state index in [4.69, 9.17) is 0 Å². The van der Waals surface area contributed by atoms with Gasteiger partial charge < -0.3 is 0 Å². The van der Waals surface area contributed by atoms with Gasteiger partial charge in [-0.1, -0.05) is 20.8 Å². The van der Waals surface area contributed by atoms with Crippen molar-refractivity contribution >= 4 is 0 Å². The molecule has 0 aromatic carbocycles. The van der Waals surface area contributed by atoms with Crippen molar-refractivity contribution in [2.45, 2.75) is 40.0 Å². The first kappa shape index (κ1) is 11.9. The highest BCUT2D eigenvalue weighted by atomic mass is 19.3. The Bertz CT molecular complexity index is 190. The van der Waals surface area contributed by atoms with Crippen molar-refractivity contribution in [3.8, 4) is 0 Å². The summed E-state index contributed by atoms with van der Waals surface area (Å²) in [5.74, 6) is -1.99. The zero-order chi connectivity index (χ0) is 11.0. The molecule has 1 nitrogen and oxygen atoms in total. The van der Waals surface area contributed by atoms with Gasteiger partial charge >= 0.3 is 0 Å². The van der Waals surface area contributed by atoms with Gasteiger partial charge in [0.1, 0.15) is 0 Å². The third-order valence-corrected chi connectivity index (χ3v) is 3.00. The van der Waals surface area contributed by atoms with Gasteiger partial charge in [-0.3, -0.25) is 4.90 Å². The maximum Gasteiger partial charge on any atom is 0.257 e. The number of hydrogen-bond donors (Lipinski definition) is 0. The van der Waals surface area contributed by atoms with Crippen LogP contribution in [0.15, 0.2) is 0 Å². The highest BCUT2D eigenvalue weighted by molar-refractivity contribution is 4.85. The predicted octanol–water partition coefficient (Wildman–Crippen LogP) is 3.01. The summed E-state index contributed by atoms with van der Waals surface area (Å²) < 4.78 is 25.5. The fourth-order valence-electron chi connectivity index (χ4n) is 2.08. The van der Waals surface area contributed by atoms with Crippen LogP contribution in [-0.4, -0.2) is 30.5 Å². The van der Waals surface area contributed by atoms with Crippen LogP contribution in [0.1, 0.15) is 34.1 Å². The molecular formula is C11H21F2N. The fraction of sp³-hybridized carbons (Fsp3) is 1.00. The van der Waals surface area contributed by atoms with E-state index in [2.05, 4.69) is 20.8 Å². The van der Waals surface area contributed by atoms with Crippen LogP contribution in [0, 0.1) is 11.3 Å². The van der Waals surface area contributed by atoms with Gasteiger partial charge in [-0.15, -0.1) is 0 Å². The first-order valence-electron chi connectivity index (χ1n) is 5.29. The molecule has 1 atom stereocenters. The fourth-order valence-corrected chi connectivity index (χ4v) is 2.08. The van der Waals surface area contributed by atoms with Gasteiger partial charge in [-0.2, -0.15) is 0 Å². The molecule has 1 fully saturated rings. The molecule has 0 radical (unpaired) electrons. The van der Waals surface area contributed by atoms with Crippen LogP contribution in [0.2, 0.25) is 0 Å². The van der Waals surface area contributed by atoms with Crippen LogP contribution in [-0.2, 0) is 0 Å². The van der Waals surface area contributed by atoms with Crippen LogP contribution in [0.3, 0.4) is 0 Å². The smallest absolute Gasteiger partial charge is 0.257 e. The second-order valence-corrected chi connectivity index (χ2v) is 5.66. The molecule has 1 rings (SSSR count). The van der Waals surface area contributed by atoms with E-state index in [0.717, 1.165) is 26.4 Å². The quantitative estimate of drug-likeness (QED) is 0.670. The summed E-state index contributed by atoms with van der Waals surface area (Å²) in [6.45, 7) is 9.12. The Kier molecular flexibility index (Phi) is 3.20. The summed E-state index contributed by atoms with van der Waals surface area (Å²) >= 11 is 0. The molecule has 84 valence electrons. The van der Waals surface area contributed by atoms with E-state index >= 15 is 0 Å². The highest BCUT2D eigenvalue weighted by Crippen LogP contribution is 2.34. The summed E-state index contributed by atoms with van der Waals surface area (Å²) in [4.78, 5) is 1.88. The van der Waals surface area contributed by atoms with E-state index in [1.165, 1.54) is 0 Å². The monoisotopic (exact) mass is 205 g/mol. The van der Waals surface area contributed by atoms with Crippen molar-refractivity contribution in [1.29, 1.82) is 0 Å². The lowest BCUT2D eigenvalue weighted by Crippen LogP contribution is -2.34. The molecule has 0 aliphatic carbocycles. The van der Waals surface area contributed by atoms with E-state index in [1.54, 1.807) is 0 Å². The Balaban J connectivity index is 2.42. The van der Waals surface area contributed by atoms with Crippen molar-refractivity contribution in [1.82, 2.24) is 4.90 Å². The minimum Gasteiger partial charge on any atom is -0.297 e. The van der Waals surface area contributed by atoms with E-state index in [9.17, 15) is 8.78 Å². The van der Waals surface area contributed by atoms with Crippen LogP contribution in [0.25, 0.3) is 0 Å². The van der Waals surface area contributed by atoms with Gasteiger partial charge in [0.25, 0.3) is 5.92 Å². The maximum atomic E-state index is 12.8. The standard InChI is InChI=1S/C11H21F2N/c1-10(2,3)9-5-6-14(7-9)8-11(4,12)13/h9H,5-8H2,1-4H3. The van der Waals surface area contributed by atoms with Gasteiger partial charge in [0.05, 0.1) is 6.54 Å². The van der Waals surface area contributed by atoms with Gasteiger partial charge in [0.15, 0.2) is 0 Å². The third-order valence-electron chi connectivity index (χ3n) is 3.00. The zero-order valence-electron chi connectivity index (χ0n) is 9.61.